The zero-order valence-electron chi connectivity index (χ0n) is 15.3. The molecule has 0 radical (unpaired) electrons. The molecule has 0 spiro atoms. The van der Waals surface area contributed by atoms with Gasteiger partial charge in [-0.3, -0.25) is 4.90 Å². The van der Waals surface area contributed by atoms with E-state index in [0.717, 1.165) is 18.5 Å². The molecule has 1 aliphatic rings. The van der Waals surface area contributed by atoms with E-state index >= 15 is 0 Å². The van der Waals surface area contributed by atoms with E-state index in [9.17, 15) is 5.11 Å². The Morgan fingerprint density at radius 2 is 1.68 bits per heavy atom. The molecule has 4 nitrogen and oxygen atoms in total. The van der Waals surface area contributed by atoms with Gasteiger partial charge in [-0.05, 0) is 57.7 Å². The van der Waals surface area contributed by atoms with Gasteiger partial charge in [-0.2, -0.15) is 0 Å². The molecule has 2 heterocycles. The van der Waals surface area contributed by atoms with Crippen molar-refractivity contribution < 1.29 is 5.11 Å². The third-order valence-electron chi connectivity index (χ3n) is 5.52. The molecule has 1 aromatic carbocycles. The van der Waals surface area contributed by atoms with Crippen LogP contribution < -0.4 is 0 Å². The zero-order chi connectivity index (χ0) is 17.7. The second-order valence-electron chi connectivity index (χ2n) is 7.27. The summed E-state index contributed by atoms with van der Waals surface area (Å²) >= 11 is 0. The predicted octanol–water partition coefficient (Wildman–Crippen LogP) is 3.76. The molecule has 2 aromatic rings. The minimum atomic E-state index is -1.13. The number of hydrogen-bond donors (Lipinski definition) is 1. The maximum Gasteiger partial charge on any atom is 0.164 e. The number of aliphatic hydroxyl groups is 1. The Morgan fingerprint density at radius 3 is 2.32 bits per heavy atom. The van der Waals surface area contributed by atoms with Crippen LogP contribution in [0.15, 0.2) is 48.8 Å². The Kier molecular flexibility index (Phi) is 5.82. The molecule has 0 amide bonds. The number of likely N-dealkylation sites (tertiary alicyclic amines) is 1. The molecule has 1 N–H and O–H groups in total. The third kappa shape index (κ3) is 4.07. The van der Waals surface area contributed by atoms with Gasteiger partial charge in [0, 0.05) is 24.5 Å². The van der Waals surface area contributed by atoms with Crippen LogP contribution in [0.2, 0.25) is 0 Å². The zero-order valence-corrected chi connectivity index (χ0v) is 15.3. The first kappa shape index (κ1) is 18.0. The van der Waals surface area contributed by atoms with Gasteiger partial charge in [0.2, 0.25) is 0 Å². The second kappa shape index (κ2) is 8.07. The average Bonchev–Trinajstić information content (AvgIpc) is 2.65. The van der Waals surface area contributed by atoms with Gasteiger partial charge >= 0.3 is 0 Å². The van der Waals surface area contributed by atoms with Gasteiger partial charge in [-0.15, -0.1) is 0 Å². The van der Waals surface area contributed by atoms with E-state index in [2.05, 4.69) is 28.7 Å². The number of nitrogens with zero attached hydrogens (tertiary/aromatic N) is 3. The molecule has 3 atom stereocenters. The Hall–Kier alpha value is -1.78. The molecule has 1 aromatic heterocycles. The summed E-state index contributed by atoms with van der Waals surface area (Å²) in [7, 11) is 0. The highest BCUT2D eigenvalue weighted by atomic mass is 16.3. The normalized spacial score (nSPS) is 24.0. The van der Waals surface area contributed by atoms with Crippen LogP contribution >= 0.6 is 0 Å². The molecule has 0 saturated carbocycles. The van der Waals surface area contributed by atoms with Crippen molar-refractivity contribution in [2.45, 2.75) is 63.6 Å². The van der Waals surface area contributed by atoms with Crippen molar-refractivity contribution in [3.8, 4) is 0 Å². The van der Waals surface area contributed by atoms with Crippen LogP contribution in [0.4, 0.5) is 0 Å². The standard InChI is InChI=1S/C21H29N3O/c1-17-9-6-10-18(2)24(17)16-7-13-21(25,19-11-4-3-5-12-19)20-22-14-8-15-23-20/h3-5,8,11-12,14-15,17-18,25H,6-7,9-10,13,16H2,1-2H3. The molecular weight excluding hydrogens is 310 g/mol. The van der Waals surface area contributed by atoms with Crippen molar-refractivity contribution >= 4 is 0 Å². The van der Waals surface area contributed by atoms with Crippen LogP contribution in [-0.4, -0.2) is 38.6 Å². The molecule has 1 fully saturated rings. The van der Waals surface area contributed by atoms with Gasteiger partial charge in [0.15, 0.2) is 5.82 Å². The average molecular weight is 339 g/mol. The van der Waals surface area contributed by atoms with Crippen LogP contribution in [0, 0.1) is 0 Å². The smallest absolute Gasteiger partial charge is 0.164 e. The van der Waals surface area contributed by atoms with Crippen LogP contribution in [0.5, 0.6) is 0 Å². The van der Waals surface area contributed by atoms with E-state index in [1.54, 1.807) is 18.5 Å². The maximum absolute atomic E-state index is 11.5. The van der Waals surface area contributed by atoms with Crippen LogP contribution in [0.1, 0.15) is 57.3 Å². The molecule has 1 aliphatic heterocycles. The summed E-state index contributed by atoms with van der Waals surface area (Å²) in [5.41, 5.74) is -0.272. The molecule has 3 unspecified atom stereocenters. The van der Waals surface area contributed by atoms with Crippen molar-refractivity contribution in [3.63, 3.8) is 0 Å². The molecular formula is C21H29N3O. The van der Waals surface area contributed by atoms with Gasteiger partial charge in [0.25, 0.3) is 0 Å². The summed E-state index contributed by atoms with van der Waals surface area (Å²) in [5, 5.41) is 11.5. The number of hydrogen-bond acceptors (Lipinski definition) is 4. The lowest BCUT2D eigenvalue weighted by Gasteiger charge is -2.39. The first-order valence-corrected chi connectivity index (χ1v) is 9.42. The van der Waals surface area contributed by atoms with Crippen molar-refractivity contribution in [1.29, 1.82) is 0 Å². The fourth-order valence-electron chi connectivity index (χ4n) is 4.04. The van der Waals surface area contributed by atoms with E-state index in [0.29, 0.717) is 24.3 Å². The van der Waals surface area contributed by atoms with E-state index in [4.69, 9.17) is 0 Å². The Morgan fingerprint density at radius 1 is 1.04 bits per heavy atom. The van der Waals surface area contributed by atoms with Gasteiger partial charge in [0.05, 0.1) is 0 Å². The van der Waals surface area contributed by atoms with Crippen LogP contribution in [0.3, 0.4) is 0 Å². The summed E-state index contributed by atoms with van der Waals surface area (Å²) in [6, 6.07) is 12.8. The van der Waals surface area contributed by atoms with Gasteiger partial charge in [-0.25, -0.2) is 9.97 Å². The summed E-state index contributed by atoms with van der Waals surface area (Å²) in [5.74, 6) is 0.487. The second-order valence-corrected chi connectivity index (χ2v) is 7.27. The quantitative estimate of drug-likeness (QED) is 0.871. The molecule has 0 aliphatic carbocycles. The number of benzene rings is 1. The fourth-order valence-corrected chi connectivity index (χ4v) is 4.04. The SMILES string of the molecule is CC1CCCC(C)N1CCCC(O)(c1ccccc1)c1ncccn1. The van der Waals surface area contributed by atoms with E-state index in [-0.39, 0.29) is 0 Å². The number of aromatic nitrogens is 2. The lowest BCUT2D eigenvalue weighted by molar-refractivity contribution is 0.0452. The molecule has 3 rings (SSSR count). The number of piperidine rings is 1. The van der Waals surface area contributed by atoms with Gasteiger partial charge in [-0.1, -0.05) is 36.8 Å². The minimum absolute atomic E-state index is 0.487. The predicted molar refractivity (Wildman–Crippen MR) is 100 cm³/mol. The molecule has 25 heavy (non-hydrogen) atoms. The molecule has 1 saturated heterocycles. The monoisotopic (exact) mass is 339 g/mol. The fraction of sp³-hybridized carbons (Fsp3) is 0.524. The maximum atomic E-state index is 11.5. The topological polar surface area (TPSA) is 49.2 Å². The highest BCUT2D eigenvalue weighted by Gasteiger charge is 2.34. The largest absolute Gasteiger partial charge is 0.377 e. The lowest BCUT2D eigenvalue weighted by Crippen LogP contribution is -2.44. The third-order valence-corrected chi connectivity index (χ3v) is 5.52. The first-order valence-electron chi connectivity index (χ1n) is 9.42. The van der Waals surface area contributed by atoms with Crippen molar-refractivity contribution in [2.75, 3.05) is 6.54 Å². The van der Waals surface area contributed by atoms with Gasteiger partial charge in [0.1, 0.15) is 5.60 Å². The summed E-state index contributed by atoms with van der Waals surface area (Å²) in [6.07, 6.45) is 8.81. The van der Waals surface area contributed by atoms with Crippen molar-refractivity contribution in [1.82, 2.24) is 14.9 Å². The van der Waals surface area contributed by atoms with Gasteiger partial charge < -0.3 is 5.11 Å². The van der Waals surface area contributed by atoms with Crippen molar-refractivity contribution in [2.24, 2.45) is 0 Å². The van der Waals surface area contributed by atoms with E-state index in [1.807, 2.05) is 30.3 Å². The minimum Gasteiger partial charge on any atom is -0.377 e. The summed E-state index contributed by atoms with van der Waals surface area (Å²) in [6.45, 7) is 5.64. The van der Waals surface area contributed by atoms with Crippen molar-refractivity contribution in [3.05, 3.63) is 60.2 Å². The highest BCUT2D eigenvalue weighted by molar-refractivity contribution is 5.28. The highest BCUT2D eigenvalue weighted by Crippen LogP contribution is 2.32. The Balaban J connectivity index is 1.75. The number of rotatable bonds is 6. The summed E-state index contributed by atoms with van der Waals surface area (Å²) < 4.78 is 0. The first-order chi connectivity index (χ1) is 12.1. The molecule has 4 heteroatoms. The Labute approximate surface area is 150 Å². The van der Waals surface area contributed by atoms with E-state index in [1.165, 1.54) is 19.3 Å². The summed E-state index contributed by atoms with van der Waals surface area (Å²) in [4.78, 5) is 11.3. The molecule has 134 valence electrons. The Bertz CT molecular complexity index is 597. The van der Waals surface area contributed by atoms with E-state index < -0.39 is 5.60 Å². The lowest BCUT2D eigenvalue weighted by atomic mass is 9.87. The van der Waals surface area contributed by atoms with Crippen LogP contribution in [-0.2, 0) is 5.60 Å². The van der Waals surface area contributed by atoms with Crippen LogP contribution in [0.25, 0.3) is 0 Å². The molecule has 0 bridgehead atoms.